The van der Waals surface area contributed by atoms with Crippen LogP contribution < -0.4 is 9.64 Å². The molecule has 2 aliphatic rings. The van der Waals surface area contributed by atoms with Gasteiger partial charge in [-0.15, -0.1) is 0 Å². The zero-order chi connectivity index (χ0) is 25.1. The number of benzene rings is 2. The van der Waals surface area contributed by atoms with Crippen LogP contribution in [0.3, 0.4) is 0 Å². The highest BCUT2D eigenvalue weighted by atomic mass is 19.1. The van der Waals surface area contributed by atoms with Gasteiger partial charge in [-0.3, -0.25) is 4.79 Å². The zero-order valence-electron chi connectivity index (χ0n) is 20.4. The van der Waals surface area contributed by atoms with Gasteiger partial charge in [0.2, 0.25) is 17.7 Å². The predicted octanol–water partition coefficient (Wildman–Crippen LogP) is 5.62. The topological polar surface area (TPSA) is 58.6 Å². The van der Waals surface area contributed by atoms with E-state index in [4.69, 9.17) is 9.72 Å². The highest BCUT2D eigenvalue weighted by Crippen LogP contribution is 2.34. The Balaban J connectivity index is 1.48. The number of nitrogens with zero attached hydrogens (tertiary/aromatic N) is 4. The predicted molar refractivity (Wildman–Crippen MR) is 133 cm³/mol. The molecule has 0 radical (unpaired) electrons. The fourth-order valence-corrected chi connectivity index (χ4v) is 5.00. The van der Waals surface area contributed by atoms with E-state index in [2.05, 4.69) is 9.88 Å². The van der Waals surface area contributed by atoms with E-state index < -0.39 is 11.6 Å². The maximum absolute atomic E-state index is 14.5. The Hall–Kier alpha value is -3.55. The number of fused-ring (bicyclic) bond motifs is 1. The van der Waals surface area contributed by atoms with Crippen LogP contribution in [0, 0.1) is 11.6 Å². The Labute approximate surface area is 209 Å². The molecule has 3 aromatic rings. The molecule has 0 saturated carbocycles. The molecule has 188 valence electrons. The number of halogens is 2. The smallest absolute Gasteiger partial charge is 0.230 e. The number of piperidine rings is 1. The van der Waals surface area contributed by atoms with Crippen molar-refractivity contribution in [3.8, 4) is 11.6 Å². The molecule has 8 heteroatoms. The Morgan fingerprint density at radius 2 is 1.81 bits per heavy atom. The summed E-state index contributed by atoms with van der Waals surface area (Å²) in [4.78, 5) is 27.0. The van der Waals surface area contributed by atoms with Crippen molar-refractivity contribution in [2.24, 2.45) is 0 Å². The van der Waals surface area contributed by atoms with Gasteiger partial charge >= 0.3 is 0 Å². The molecule has 1 aromatic heterocycles. The van der Waals surface area contributed by atoms with Gasteiger partial charge in [0.05, 0.1) is 23.7 Å². The summed E-state index contributed by atoms with van der Waals surface area (Å²) in [6, 6.07) is 13.0. The fraction of sp³-hybridized carbons (Fsp3) is 0.393. The first kappa shape index (κ1) is 24.2. The van der Waals surface area contributed by atoms with Gasteiger partial charge in [0.25, 0.3) is 0 Å². The number of aromatic nitrogens is 2. The number of carbonyl (C=O) groups is 1. The lowest BCUT2D eigenvalue weighted by Crippen LogP contribution is -2.40. The van der Waals surface area contributed by atoms with Gasteiger partial charge in [0, 0.05) is 32.1 Å². The molecule has 0 bridgehead atoms. The second kappa shape index (κ2) is 10.6. The summed E-state index contributed by atoms with van der Waals surface area (Å²) in [5.41, 5.74) is 2.46. The highest BCUT2D eigenvalue weighted by molar-refractivity contribution is 5.84. The first-order valence-corrected chi connectivity index (χ1v) is 12.6. The summed E-state index contributed by atoms with van der Waals surface area (Å²) in [5.74, 6) is -1.03. The van der Waals surface area contributed by atoms with Gasteiger partial charge in [-0.1, -0.05) is 37.3 Å². The summed E-state index contributed by atoms with van der Waals surface area (Å²) in [7, 11) is 0. The third-order valence-corrected chi connectivity index (χ3v) is 6.97. The van der Waals surface area contributed by atoms with Crippen molar-refractivity contribution in [1.82, 2.24) is 14.9 Å². The van der Waals surface area contributed by atoms with E-state index in [9.17, 15) is 13.6 Å². The molecule has 1 atom stereocenters. The Morgan fingerprint density at radius 3 is 2.53 bits per heavy atom. The third kappa shape index (κ3) is 5.03. The Morgan fingerprint density at radius 1 is 1.03 bits per heavy atom. The summed E-state index contributed by atoms with van der Waals surface area (Å²) in [5, 5.41) is 0. The van der Waals surface area contributed by atoms with Crippen molar-refractivity contribution in [1.29, 1.82) is 0 Å². The standard InChI is InChI=1S/C28H30F2N4O2/c1-2-21(19-9-5-3-6-10-19)27(35)34-16-13-24-22(18-34)26(36-25-12-11-20(29)17-23(25)30)32-28(31-24)33-14-7-4-8-15-33/h3,5-6,9-12,17,21H,2,4,7-8,13-16,18H2,1H3/t21-/m0/s1. The molecule has 1 amide bonds. The van der Waals surface area contributed by atoms with Crippen molar-refractivity contribution < 1.29 is 18.3 Å². The van der Waals surface area contributed by atoms with Crippen LogP contribution in [0.4, 0.5) is 14.7 Å². The van der Waals surface area contributed by atoms with E-state index in [1.807, 2.05) is 37.3 Å². The number of amides is 1. The molecule has 2 aromatic carbocycles. The summed E-state index contributed by atoms with van der Waals surface area (Å²) < 4.78 is 33.9. The highest BCUT2D eigenvalue weighted by Gasteiger charge is 2.31. The molecule has 5 rings (SSSR count). The summed E-state index contributed by atoms with van der Waals surface area (Å²) in [6.45, 7) is 4.52. The number of rotatable bonds is 6. The summed E-state index contributed by atoms with van der Waals surface area (Å²) >= 11 is 0. The SMILES string of the molecule is CC[C@H](C(=O)N1CCc2nc(N3CCCCC3)nc(Oc3ccc(F)cc3F)c2C1)c1ccccc1. The first-order valence-electron chi connectivity index (χ1n) is 12.6. The van der Waals surface area contributed by atoms with Gasteiger partial charge < -0.3 is 14.5 Å². The van der Waals surface area contributed by atoms with Crippen LogP contribution in [0.1, 0.15) is 55.3 Å². The molecule has 2 aliphatic heterocycles. The van der Waals surface area contributed by atoms with Gasteiger partial charge in [-0.25, -0.2) is 13.8 Å². The van der Waals surface area contributed by atoms with Crippen molar-refractivity contribution in [3.05, 3.63) is 77.0 Å². The van der Waals surface area contributed by atoms with Crippen LogP contribution in [0.5, 0.6) is 11.6 Å². The van der Waals surface area contributed by atoms with Crippen molar-refractivity contribution in [3.63, 3.8) is 0 Å². The van der Waals surface area contributed by atoms with Crippen LogP contribution >= 0.6 is 0 Å². The van der Waals surface area contributed by atoms with Crippen LogP contribution in [0.25, 0.3) is 0 Å². The quantitative estimate of drug-likeness (QED) is 0.447. The molecule has 0 spiro atoms. The fourth-order valence-electron chi connectivity index (χ4n) is 5.00. The van der Waals surface area contributed by atoms with Crippen LogP contribution in [0.15, 0.2) is 48.5 Å². The number of ether oxygens (including phenoxy) is 1. The van der Waals surface area contributed by atoms with Gasteiger partial charge in [-0.2, -0.15) is 4.98 Å². The van der Waals surface area contributed by atoms with Crippen LogP contribution in [-0.2, 0) is 17.8 Å². The maximum atomic E-state index is 14.5. The second-order valence-electron chi connectivity index (χ2n) is 9.36. The van der Waals surface area contributed by atoms with Crippen molar-refractivity contribution in [2.75, 3.05) is 24.5 Å². The minimum Gasteiger partial charge on any atom is -0.435 e. The van der Waals surface area contributed by atoms with E-state index in [0.717, 1.165) is 49.3 Å². The molecule has 6 nitrogen and oxygen atoms in total. The Bertz CT molecular complexity index is 1230. The number of hydrogen-bond acceptors (Lipinski definition) is 5. The van der Waals surface area contributed by atoms with E-state index in [1.165, 1.54) is 12.5 Å². The normalized spacial score (nSPS) is 16.4. The van der Waals surface area contributed by atoms with E-state index in [-0.39, 0.29) is 30.0 Å². The summed E-state index contributed by atoms with van der Waals surface area (Å²) in [6.07, 6.45) is 4.52. The molecular weight excluding hydrogens is 462 g/mol. The van der Waals surface area contributed by atoms with Crippen LogP contribution in [0.2, 0.25) is 0 Å². The average molecular weight is 493 g/mol. The number of anilines is 1. The Kier molecular flexibility index (Phi) is 7.11. The largest absolute Gasteiger partial charge is 0.435 e. The lowest BCUT2D eigenvalue weighted by Gasteiger charge is -2.33. The molecule has 3 heterocycles. The second-order valence-corrected chi connectivity index (χ2v) is 9.36. The monoisotopic (exact) mass is 492 g/mol. The van der Waals surface area contributed by atoms with Crippen LogP contribution in [-0.4, -0.2) is 40.4 Å². The van der Waals surface area contributed by atoms with Gasteiger partial charge in [0.15, 0.2) is 11.6 Å². The van der Waals surface area contributed by atoms with Gasteiger partial charge in [0.1, 0.15) is 5.82 Å². The van der Waals surface area contributed by atoms with Crippen molar-refractivity contribution in [2.45, 2.75) is 51.5 Å². The van der Waals surface area contributed by atoms with E-state index in [0.29, 0.717) is 30.9 Å². The molecule has 1 fully saturated rings. The molecular formula is C28H30F2N4O2. The molecule has 0 aliphatic carbocycles. The number of carbonyl (C=O) groups excluding carboxylic acids is 1. The average Bonchev–Trinajstić information content (AvgIpc) is 2.91. The third-order valence-electron chi connectivity index (χ3n) is 6.97. The molecule has 36 heavy (non-hydrogen) atoms. The minimum atomic E-state index is -0.805. The van der Waals surface area contributed by atoms with E-state index >= 15 is 0 Å². The lowest BCUT2D eigenvalue weighted by atomic mass is 9.94. The van der Waals surface area contributed by atoms with Gasteiger partial charge in [-0.05, 0) is 43.4 Å². The van der Waals surface area contributed by atoms with Crippen molar-refractivity contribution >= 4 is 11.9 Å². The van der Waals surface area contributed by atoms with E-state index in [1.54, 1.807) is 4.90 Å². The zero-order valence-corrected chi connectivity index (χ0v) is 20.4. The maximum Gasteiger partial charge on any atom is 0.230 e. The molecule has 1 saturated heterocycles. The molecule has 0 N–H and O–H groups in total. The lowest BCUT2D eigenvalue weighted by molar-refractivity contribution is -0.133. The molecule has 0 unspecified atom stereocenters. The first-order chi connectivity index (χ1) is 17.5. The number of hydrogen-bond donors (Lipinski definition) is 0. The minimum absolute atomic E-state index is 0.0355.